The van der Waals surface area contributed by atoms with Crippen LogP contribution in [0.3, 0.4) is 0 Å². The number of carbonyl (C=O) groups is 1. The van der Waals surface area contributed by atoms with Gasteiger partial charge in [-0.3, -0.25) is 19.5 Å². The highest BCUT2D eigenvalue weighted by atomic mass is 16.2. The van der Waals surface area contributed by atoms with Crippen LogP contribution in [0, 0.1) is 12.3 Å². The predicted molar refractivity (Wildman–Crippen MR) is 115 cm³/mol. The van der Waals surface area contributed by atoms with E-state index in [9.17, 15) is 14.4 Å². The number of aromatic nitrogens is 2. The minimum Gasteiger partial charge on any atom is -0.342 e. The Morgan fingerprint density at radius 2 is 2.00 bits per heavy atom. The fourth-order valence-corrected chi connectivity index (χ4v) is 4.99. The number of benzene rings is 1. The van der Waals surface area contributed by atoms with Crippen LogP contribution >= 0.6 is 0 Å². The van der Waals surface area contributed by atoms with Crippen molar-refractivity contribution in [1.29, 1.82) is 0 Å². The number of H-pyrrole nitrogens is 1. The van der Waals surface area contributed by atoms with Crippen molar-refractivity contribution >= 4 is 5.91 Å². The summed E-state index contributed by atoms with van der Waals surface area (Å²) in [5.74, 6) is 0.0841. The zero-order chi connectivity index (χ0) is 21.1. The number of hydrogen-bond acceptors (Lipinski definition) is 4. The standard InChI is InChI=1S/C23H30N4O3/c1-18-4-2-5-19(14-18)15-25-10-3-8-23(16-25)9-13-27(17-23)21(29)7-12-26-11-6-20(28)24-22(26)30/h2,4-6,11,14H,3,7-10,12-13,15-17H2,1H3,(H,24,28,30)/t23-/m0/s1. The molecule has 2 aliphatic heterocycles. The van der Waals surface area contributed by atoms with Crippen molar-refractivity contribution in [3.63, 3.8) is 0 Å². The zero-order valence-electron chi connectivity index (χ0n) is 17.6. The molecule has 0 radical (unpaired) electrons. The van der Waals surface area contributed by atoms with Crippen LogP contribution in [0.4, 0.5) is 0 Å². The van der Waals surface area contributed by atoms with E-state index in [0.29, 0.717) is 0 Å². The van der Waals surface area contributed by atoms with Gasteiger partial charge in [0.1, 0.15) is 0 Å². The first-order valence-electron chi connectivity index (χ1n) is 10.8. The Bertz CT molecular complexity index is 1030. The van der Waals surface area contributed by atoms with Crippen LogP contribution in [0.1, 0.15) is 36.8 Å². The number of hydrogen-bond donors (Lipinski definition) is 1. The van der Waals surface area contributed by atoms with Gasteiger partial charge in [-0.15, -0.1) is 0 Å². The summed E-state index contributed by atoms with van der Waals surface area (Å²) in [5.41, 5.74) is 1.94. The summed E-state index contributed by atoms with van der Waals surface area (Å²) >= 11 is 0. The van der Waals surface area contributed by atoms with Gasteiger partial charge in [-0.05, 0) is 38.3 Å². The summed E-state index contributed by atoms with van der Waals surface area (Å²) in [4.78, 5) is 42.5. The average molecular weight is 411 g/mol. The van der Waals surface area contributed by atoms with Gasteiger partial charge in [0.25, 0.3) is 5.56 Å². The second-order valence-corrected chi connectivity index (χ2v) is 8.92. The van der Waals surface area contributed by atoms with Gasteiger partial charge in [0, 0.05) is 56.8 Å². The maximum absolute atomic E-state index is 12.8. The molecule has 3 heterocycles. The molecule has 1 spiro atoms. The van der Waals surface area contributed by atoms with Crippen molar-refractivity contribution in [2.45, 2.75) is 45.7 Å². The molecule has 0 aliphatic carbocycles. The smallest absolute Gasteiger partial charge is 0.328 e. The number of carbonyl (C=O) groups excluding carboxylic acids is 1. The van der Waals surface area contributed by atoms with Crippen molar-refractivity contribution in [2.75, 3.05) is 26.2 Å². The van der Waals surface area contributed by atoms with E-state index in [2.05, 4.69) is 41.1 Å². The summed E-state index contributed by atoms with van der Waals surface area (Å²) in [6.45, 7) is 7.12. The fraction of sp³-hybridized carbons (Fsp3) is 0.522. The van der Waals surface area contributed by atoms with Gasteiger partial charge >= 0.3 is 5.69 Å². The lowest BCUT2D eigenvalue weighted by Crippen LogP contribution is -2.45. The molecule has 1 N–H and O–H groups in total. The minimum absolute atomic E-state index is 0.0841. The third-order valence-corrected chi connectivity index (χ3v) is 6.48. The van der Waals surface area contributed by atoms with Crippen LogP contribution < -0.4 is 11.2 Å². The molecule has 7 nitrogen and oxygen atoms in total. The predicted octanol–water partition coefficient (Wildman–Crippen LogP) is 1.75. The number of aromatic amines is 1. The van der Waals surface area contributed by atoms with E-state index in [0.717, 1.165) is 39.1 Å². The highest BCUT2D eigenvalue weighted by molar-refractivity contribution is 5.76. The van der Waals surface area contributed by atoms with Crippen molar-refractivity contribution in [1.82, 2.24) is 19.4 Å². The molecule has 0 unspecified atom stereocenters. The molecule has 1 atom stereocenters. The van der Waals surface area contributed by atoms with E-state index < -0.39 is 11.2 Å². The van der Waals surface area contributed by atoms with Gasteiger partial charge in [-0.25, -0.2) is 4.79 Å². The number of nitrogens with zero attached hydrogens (tertiary/aromatic N) is 3. The Hall–Kier alpha value is -2.67. The van der Waals surface area contributed by atoms with Gasteiger partial charge in [0.15, 0.2) is 0 Å². The molecule has 0 bridgehead atoms. The molecule has 2 saturated heterocycles. The minimum atomic E-state index is -0.465. The molecule has 4 rings (SSSR count). The van der Waals surface area contributed by atoms with E-state index in [1.165, 1.54) is 40.8 Å². The Balaban J connectivity index is 1.33. The summed E-state index contributed by atoms with van der Waals surface area (Å²) in [5, 5.41) is 0. The van der Waals surface area contributed by atoms with Gasteiger partial charge in [-0.2, -0.15) is 0 Å². The van der Waals surface area contributed by atoms with Gasteiger partial charge in [0.05, 0.1) is 0 Å². The molecule has 0 saturated carbocycles. The van der Waals surface area contributed by atoms with Gasteiger partial charge in [0.2, 0.25) is 5.91 Å². The number of nitrogens with one attached hydrogen (secondary N) is 1. The first-order chi connectivity index (χ1) is 14.4. The Kier molecular flexibility index (Phi) is 5.90. The molecule has 1 amide bonds. The second-order valence-electron chi connectivity index (χ2n) is 8.92. The van der Waals surface area contributed by atoms with Crippen LogP contribution in [0.15, 0.2) is 46.1 Å². The highest BCUT2D eigenvalue weighted by Crippen LogP contribution is 2.39. The Labute approximate surface area is 176 Å². The summed E-state index contributed by atoms with van der Waals surface area (Å²) in [7, 11) is 0. The van der Waals surface area contributed by atoms with Crippen LogP contribution in [0.2, 0.25) is 0 Å². The summed E-state index contributed by atoms with van der Waals surface area (Å²) < 4.78 is 1.38. The largest absolute Gasteiger partial charge is 0.342 e. The molecule has 2 aliphatic rings. The lowest BCUT2D eigenvalue weighted by atomic mass is 9.79. The van der Waals surface area contributed by atoms with E-state index in [1.807, 2.05) is 4.90 Å². The van der Waals surface area contributed by atoms with Crippen molar-refractivity contribution in [2.24, 2.45) is 5.41 Å². The van der Waals surface area contributed by atoms with Crippen LogP contribution in [-0.2, 0) is 17.9 Å². The second kappa shape index (κ2) is 8.60. The maximum Gasteiger partial charge on any atom is 0.328 e. The third kappa shape index (κ3) is 4.73. The Morgan fingerprint density at radius 1 is 1.13 bits per heavy atom. The van der Waals surface area contributed by atoms with E-state index >= 15 is 0 Å². The van der Waals surface area contributed by atoms with Crippen molar-refractivity contribution in [3.8, 4) is 0 Å². The molecule has 2 fully saturated rings. The molecular formula is C23H30N4O3. The first kappa shape index (κ1) is 20.6. The Morgan fingerprint density at radius 3 is 2.80 bits per heavy atom. The van der Waals surface area contributed by atoms with Crippen LogP contribution in [0.5, 0.6) is 0 Å². The van der Waals surface area contributed by atoms with E-state index in [1.54, 1.807) is 0 Å². The molecular weight excluding hydrogens is 380 g/mol. The van der Waals surface area contributed by atoms with E-state index in [4.69, 9.17) is 0 Å². The zero-order valence-corrected chi connectivity index (χ0v) is 17.6. The fourth-order valence-electron chi connectivity index (χ4n) is 4.99. The normalized spacial score (nSPS) is 22.0. The molecule has 7 heteroatoms. The number of rotatable bonds is 5. The highest BCUT2D eigenvalue weighted by Gasteiger charge is 2.42. The lowest BCUT2D eigenvalue weighted by molar-refractivity contribution is -0.131. The van der Waals surface area contributed by atoms with Gasteiger partial charge < -0.3 is 9.47 Å². The molecule has 2 aromatic rings. The summed E-state index contributed by atoms with van der Waals surface area (Å²) in [6, 6.07) is 10.0. The topological polar surface area (TPSA) is 78.4 Å². The monoisotopic (exact) mass is 410 g/mol. The number of amides is 1. The van der Waals surface area contributed by atoms with E-state index in [-0.39, 0.29) is 24.3 Å². The number of piperidine rings is 1. The average Bonchev–Trinajstić information content (AvgIpc) is 3.10. The van der Waals surface area contributed by atoms with Gasteiger partial charge in [-0.1, -0.05) is 29.8 Å². The van der Waals surface area contributed by atoms with Crippen LogP contribution in [-0.4, -0.2) is 51.4 Å². The molecule has 1 aromatic heterocycles. The molecule has 30 heavy (non-hydrogen) atoms. The number of aryl methyl sites for hydroxylation is 2. The first-order valence-corrected chi connectivity index (χ1v) is 10.8. The third-order valence-electron chi connectivity index (χ3n) is 6.48. The maximum atomic E-state index is 12.8. The summed E-state index contributed by atoms with van der Waals surface area (Å²) in [6.07, 6.45) is 5.10. The van der Waals surface area contributed by atoms with Crippen LogP contribution in [0.25, 0.3) is 0 Å². The molecule has 1 aromatic carbocycles. The SMILES string of the molecule is Cc1cccc(CN2CCC[C@]3(CCN(C(=O)CCn4ccc(=O)[nH]c4=O)C3)C2)c1. The van der Waals surface area contributed by atoms with Crippen molar-refractivity contribution in [3.05, 3.63) is 68.5 Å². The molecule has 160 valence electrons. The number of likely N-dealkylation sites (tertiary alicyclic amines) is 2. The lowest BCUT2D eigenvalue weighted by Gasteiger charge is -2.40. The van der Waals surface area contributed by atoms with Crippen molar-refractivity contribution < 1.29 is 4.79 Å². The quantitative estimate of drug-likeness (QED) is 0.815.